The fourth-order valence-electron chi connectivity index (χ4n) is 1.46. The van der Waals surface area contributed by atoms with Crippen LogP contribution in [0.3, 0.4) is 0 Å². The van der Waals surface area contributed by atoms with Crippen molar-refractivity contribution in [3.63, 3.8) is 0 Å². The summed E-state index contributed by atoms with van der Waals surface area (Å²) in [5.41, 5.74) is 1.64. The van der Waals surface area contributed by atoms with Gasteiger partial charge in [0.2, 0.25) is 0 Å². The first kappa shape index (κ1) is 16.1. The van der Waals surface area contributed by atoms with Crippen LogP contribution >= 0.6 is 31.9 Å². The van der Waals surface area contributed by atoms with E-state index >= 15 is 0 Å². The molecule has 0 aliphatic rings. The van der Waals surface area contributed by atoms with E-state index in [1.165, 1.54) is 18.3 Å². The molecule has 0 aliphatic carbocycles. The van der Waals surface area contributed by atoms with Gasteiger partial charge in [0.1, 0.15) is 4.60 Å². The summed E-state index contributed by atoms with van der Waals surface area (Å²) in [4.78, 5) is 6.39. The Morgan fingerprint density at radius 1 is 1.24 bits per heavy atom. The number of nitrogens with zero attached hydrogens (tertiary/aromatic N) is 2. The second-order valence-electron chi connectivity index (χ2n) is 4.20. The molecular formula is C13H11Br2N3O2S. The van der Waals surface area contributed by atoms with Crippen molar-refractivity contribution >= 4 is 48.1 Å². The lowest BCUT2D eigenvalue weighted by Gasteiger charge is -2.04. The molecule has 110 valence electrons. The van der Waals surface area contributed by atoms with Gasteiger partial charge in [0, 0.05) is 16.2 Å². The van der Waals surface area contributed by atoms with Crippen LogP contribution in [0.4, 0.5) is 0 Å². The smallest absolute Gasteiger partial charge is 0.247 e. The van der Waals surface area contributed by atoms with Gasteiger partial charge in [-0.05, 0) is 57.0 Å². The second kappa shape index (κ2) is 6.67. The number of sulfonamides is 1. The Bertz CT molecular complexity index is 775. The summed E-state index contributed by atoms with van der Waals surface area (Å²) in [6, 6.07) is 8.29. The molecule has 0 aliphatic heterocycles. The Hall–Kier alpha value is -1.25. The van der Waals surface area contributed by atoms with Crippen molar-refractivity contribution in [2.45, 2.75) is 11.8 Å². The normalized spacial score (nSPS) is 11.8. The van der Waals surface area contributed by atoms with E-state index in [1.54, 1.807) is 24.4 Å². The zero-order valence-corrected chi connectivity index (χ0v) is 14.9. The second-order valence-corrected chi connectivity index (χ2v) is 7.53. The molecule has 0 unspecified atom stereocenters. The van der Waals surface area contributed by atoms with Gasteiger partial charge in [-0.2, -0.15) is 13.5 Å². The van der Waals surface area contributed by atoms with Crippen molar-refractivity contribution in [3.05, 3.63) is 56.7 Å². The van der Waals surface area contributed by atoms with Crippen LogP contribution < -0.4 is 4.83 Å². The number of pyridine rings is 1. The number of aromatic nitrogens is 1. The third-order valence-corrected chi connectivity index (χ3v) is 4.88. The molecule has 0 fully saturated rings. The van der Waals surface area contributed by atoms with Gasteiger partial charge in [-0.3, -0.25) is 0 Å². The zero-order valence-electron chi connectivity index (χ0n) is 10.9. The molecule has 0 amide bonds. The molecule has 0 saturated heterocycles. The maximum absolute atomic E-state index is 12.0. The van der Waals surface area contributed by atoms with Crippen molar-refractivity contribution in [1.29, 1.82) is 0 Å². The Labute approximate surface area is 139 Å². The summed E-state index contributed by atoms with van der Waals surface area (Å²) < 4.78 is 25.4. The van der Waals surface area contributed by atoms with Crippen molar-refractivity contribution in [3.8, 4) is 0 Å². The maximum Gasteiger partial charge on any atom is 0.276 e. The lowest BCUT2D eigenvalue weighted by molar-refractivity contribution is 0.584. The van der Waals surface area contributed by atoms with Gasteiger partial charge in [-0.25, -0.2) is 9.82 Å². The molecule has 1 N–H and O–H groups in total. The van der Waals surface area contributed by atoms with Gasteiger partial charge in [-0.15, -0.1) is 0 Å². The number of benzene rings is 1. The van der Waals surface area contributed by atoms with E-state index in [0.29, 0.717) is 10.2 Å². The highest BCUT2D eigenvalue weighted by Gasteiger charge is 2.11. The molecule has 1 heterocycles. The molecule has 2 aromatic rings. The van der Waals surface area contributed by atoms with Gasteiger partial charge in [-0.1, -0.05) is 17.7 Å². The SMILES string of the molecule is Cc1ccc(S(=O)(=O)N/N=C/c2cc(Br)cnc2Br)cc1. The highest BCUT2D eigenvalue weighted by Crippen LogP contribution is 2.17. The van der Waals surface area contributed by atoms with Crippen molar-refractivity contribution < 1.29 is 8.42 Å². The van der Waals surface area contributed by atoms with Gasteiger partial charge >= 0.3 is 0 Å². The molecule has 0 bridgehead atoms. The van der Waals surface area contributed by atoms with Gasteiger partial charge in [0.15, 0.2) is 0 Å². The lowest BCUT2D eigenvalue weighted by Crippen LogP contribution is -2.18. The molecule has 0 spiro atoms. The number of hydrogen-bond donors (Lipinski definition) is 1. The minimum absolute atomic E-state index is 0.164. The van der Waals surface area contributed by atoms with Crippen LogP contribution in [0.1, 0.15) is 11.1 Å². The molecule has 1 aromatic heterocycles. The Morgan fingerprint density at radius 3 is 2.57 bits per heavy atom. The lowest BCUT2D eigenvalue weighted by atomic mass is 10.2. The minimum Gasteiger partial charge on any atom is -0.247 e. The molecule has 0 radical (unpaired) electrons. The molecule has 2 rings (SSSR count). The summed E-state index contributed by atoms with van der Waals surface area (Å²) in [7, 11) is -3.67. The van der Waals surface area contributed by atoms with Crippen LogP contribution in [0.15, 0.2) is 55.6 Å². The maximum atomic E-state index is 12.0. The first-order chi connectivity index (χ1) is 9.88. The number of hydrazone groups is 1. The quantitative estimate of drug-likeness (QED) is 0.458. The van der Waals surface area contributed by atoms with Crippen molar-refractivity contribution in [1.82, 2.24) is 9.82 Å². The minimum atomic E-state index is -3.67. The summed E-state index contributed by atoms with van der Waals surface area (Å²) in [6.45, 7) is 1.89. The number of rotatable bonds is 4. The number of aryl methyl sites for hydroxylation is 1. The summed E-state index contributed by atoms with van der Waals surface area (Å²) in [6.07, 6.45) is 3.01. The summed E-state index contributed by atoms with van der Waals surface area (Å²) >= 11 is 6.55. The Kier molecular flexibility index (Phi) is 5.13. The average molecular weight is 433 g/mol. The molecule has 8 heteroatoms. The predicted octanol–water partition coefficient (Wildman–Crippen LogP) is 3.23. The van der Waals surface area contributed by atoms with E-state index in [1.807, 2.05) is 6.92 Å². The monoisotopic (exact) mass is 431 g/mol. The number of hydrogen-bond acceptors (Lipinski definition) is 4. The van der Waals surface area contributed by atoms with Crippen LogP contribution in [0.25, 0.3) is 0 Å². The van der Waals surface area contributed by atoms with Gasteiger partial charge in [0.05, 0.1) is 11.1 Å². The van der Waals surface area contributed by atoms with E-state index in [0.717, 1.165) is 10.0 Å². The fraction of sp³-hybridized carbons (Fsp3) is 0.0769. The predicted molar refractivity (Wildman–Crippen MR) is 88.7 cm³/mol. The Morgan fingerprint density at radius 2 is 1.90 bits per heavy atom. The average Bonchev–Trinajstić information content (AvgIpc) is 2.43. The summed E-state index contributed by atoms with van der Waals surface area (Å²) in [5, 5.41) is 3.76. The van der Waals surface area contributed by atoms with E-state index < -0.39 is 10.0 Å². The number of nitrogens with one attached hydrogen (secondary N) is 1. The molecule has 5 nitrogen and oxygen atoms in total. The van der Waals surface area contributed by atoms with Gasteiger partial charge in [0.25, 0.3) is 10.0 Å². The largest absolute Gasteiger partial charge is 0.276 e. The first-order valence-corrected chi connectivity index (χ1v) is 8.88. The van der Waals surface area contributed by atoms with Crippen LogP contribution in [-0.4, -0.2) is 19.6 Å². The first-order valence-electron chi connectivity index (χ1n) is 5.81. The summed E-state index contributed by atoms with van der Waals surface area (Å²) in [5.74, 6) is 0. The van der Waals surface area contributed by atoms with Crippen LogP contribution in [0.2, 0.25) is 0 Å². The van der Waals surface area contributed by atoms with E-state index in [-0.39, 0.29) is 4.90 Å². The topological polar surface area (TPSA) is 71.4 Å². The fourth-order valence-corrected chi connectivity index (χ4v) is 2.92. The zero-order chi connectivity index (χ0) is 15.5. The third-order valence-electron chi connectivity index (χ3n) is 2.54. The van der Waals surface area contributed by atoms with Crippen LogP contribution in [0, 0.1) is 6.92 Å². The highest BCUT2D eigenvalue weighted by atomic mass is 79.9. The van der Waals surface area contributed by atoms with Crippen LogP contribution in [-0.2, 0) is 10.0 Å². The van der Waals surface area contributed by atoms with E-state index in [9.17, 15) is 8.42 Å². The highest BCUT2D eigenvalue weighted by molar-refractivity contribution is 9.11. The number of halogens is 2. The van der Waals surface area contributed by atoms with E-state index in [4.69, 9.17) is 0 Å². The van der Waals surface area contributed by atoms with E-state index in [2.05, 4.69) is 46.8 Å². The molecule has 0 atom stereocenters. The van der Waals surface area contributed by atoms with Gasteiger partial charge < -0.3 is 0 Å². The van der Waals surface area contributed by atoms with Crippen molar-refractivity contribution in [2.75, 3.05) is 0 Å². The molecular weight excluding hydrogens is 422 g/mol. The molecule has 0 saturated carbocycles. The standard InChI is InChI=1S/C13H11Br2N3O2S/c1-9-2-4-12(5-3-9)21(19,20)18-17-7-10-6-11(14)8-16-13(10)15/h2-8,18H,1H3/b17-7+. The molecule has 21 heavy (non-hydrogen) atoms. The third kappa shape index (κ3) is 4.36. The van der Waals surface area contributed by atoms with Crippen molar-refractivity contribution in [2.24, 2.45) is 5.10 Å². The molecule has 1 aromatic carbocycles. The Balaban J connectivity index is 2.16. The van der Waals surface area contributed by atoms with Crippen LogP contribution in [0.5, 0.6) is 0 Å².